The topological polar surface area (TPSA) is 107 Å². The quantitative estimate of drug-likeness (QED) is 0.561. The van der Waals surface area contributed by atoms with Crippen LogP contribution in [0, 0.1) is 0 Å². The molecule has 1 aromatic carbocycles. The van der Waals surface area contributed by atoms with Crippen LogP contribution in [-0.2, 0) is 14.3 Å². The molecule has 0 unspecified atom stereocenters. The summed E-state index contributed by atoms with van der Waals surface area (Å²) in [5.74, 6) is -1.46. The van der Waals surface area contributed by atoms with Gasteiger partial charge in [0.25, 0.3) is 11.8 Å². The summed E-state index contributed by atoms with van der Waals surface area (Å²) in [5.41, 5.74) is 0.589. The molecule has 0 radical (unpaired) electrons. The van der Waals surface area contributed by atoms with Gasteiger partial charge in [0.15, 0.2) is 11.8 Å². The summed E-state index contributed by atoms with van der Waals surface area (Å²) in [7, 11) is 1.44. The highest BCUT2D eigenvalue weighted by Crippen LogP contribution is 2.17. The molecule has 2 rings (SSSR count). The zero-order valence-corrected chi connectivity index (χ0v) is 14.6. The molecule has 8 nitrogen and oxygen atoms in total. The van der Waals surface area contributed by atoms with E-state index in [2.05, 4.69) is 15.6 Å². The van der Waals surface area contributed by atoms with E-state index in [9.17, 15) is 14.4 Å². The van der Waals surface area contributed by atoms with Crippen LogP contribution in [0.5, 0.6) is 5.75 Å². The van der Waals surface area contributed by atoms with Crippen molar-refractivity contribution >= 4 is 35.1 Å². The van der Waals surface area contributed by atoms with Gasteiger partial charge in [-0.2, -0.15) is 0 Å². The van der Waals surface area contributed by atoms with E-state index in [1.165, 1.54) is 13.3 Å². The monoisotopic (exact) mass is 377 g/mol. The second-order valence-electron chi connectivity index (χ2n) is 4.93. The maximum absolute atomic E-state index is 12.0. The van der Waals surface area contributed by atoms with Gasteiger partial charge in [-0.3, -0.25) is 14.4 Å². The maximum atomic E-state index is 12.0. The van der Waals surface area contributed by atoms with Gasteiger partial charge in [-0.25, -0.2) is 4.98 Å². The molecule has 26 heavy (non-hydrogen) atoms. The van der Waals surface area contributed by atoms with Crippen LogP contribution >= 0.6 is 11.6 Å². The summed E-state index contributed by atoms with van der Waals surface area (Å²) < 4.78 is 9.87. The minimum atomic E-state index is -0.763. The third kappa shape index (κ3) is 5.45. The van der Waals surface area contributed by atoms with E-state index in [1.807, 2.05) is 0 Å². The number of nitrogens with zero attached hydrogens (tertiary/aromatic N) is 1. The SMILES string of the molecule is COc1ccccc1C(=O)NCC(=O)OCC(=O)Nc1cccnc1Cl. The van der Waals surface area contributed by atoms with Crippen molar-refractivity contribution < 1.29 is 23.9 Å². The van der Waals surface area contributed by atoms with E-state index in [-0.39, 0.29) is 10.7 Å². The molecule has 0 aliphatic heterocycles. The smallest absolute Gasteiger partial charge is 0.325 e. The van der Waals surface area contributed by atoms with Crippen molar-refractivity contribution in [3.05, 3.63) is 53.3 Å². The first-order chi connectivity index (χ1) is 12.5. The number of benzene rings is 1. The van der Waals surface area contributed by atoms with Crippen LogP contribution in [0.4, 0.5) is 5.69 Å². The molecule has 2 N–H and O–H groups in total. The summed E-state index contributed by atoms with van der Waals surface area (Å²) in [6, 6.07) is 9.73. The van der Waals surface area contributed by atoms with Gasteiger partial charge < -0.3 is 20.1 Å². The van der Waals surface area contributed by atoms with Crippen molar-refractivity contribution in [2.24, 2.45) is 0 Å². The average Bonchev–Trinajstić information content (AvgIpc) is 2.66. The first-order valence-electron chi connectivity index (χ1n) is 7.48. The lowest BCUT2D eigenvalue weighted by atomic mass is 10.2. The van der Waals surface area contributed by atoms with Crippen molar-refractivity contribution in [1.29, 1.82) is 0 Å². The van der Waals surface area contributed by atoms with Gasteiger partial charge in [0.2, 0.25) is 0 Å². The van der Waals surface area contributed by atoms with Crippen LogP contribution < -0.4 is 15.4 Å². The fourth-order valence-corrected chi connectivity index (χ4v) is 2.11. The molecule has 0 atom stereocenters. The Hall–Kier alpha value is -3.13. The lowest BCUT2D eigenvalue weighted by molar-refractivity contribution is -0.146. The molecule has 0 aliphatic carbocycles. The molecule has 9 heteroatoms. The number of rotatable bonds is 7. The molecule has 0 aliphatic rings. The Labute approximate surface area is 154 Å². The predicted octanol–water partition coefficient (Wildman–Crippen LogP) is 1.66. The van der Waals surface area contributed by atoms with Crippen LogP contribution in [0.2, 0.25) is 5.15 Å². The molecular formula is C17H16ClN3O5. The van der Waals surface area contributed by atoms with Gasteiger partial charge in [-0.1, -0.05) is 23.7 Å². The summed E-state index contributed by atoms with van der Waals surface area (Å²) in [6.45, 7) is -0.910. The van der Waals surface area contributed by atoms with Crippen molar-refractivity contribution in [2.75, 3.05) is 25.6 Å². The largest absolute Gasteiger partial charge is 0.496 e. The summed E-state index contributed by atoms with van der Waals surface area (Å²) in [4.78, 5) is 39.3. The van der Waals surface area contributed by atoms with E-state index in [1.54, 1.807) is 36.4 Å². The maximum Gasteiger partial charge on any atom is 0.325 e. The van der Waals surface area contributed by atoms with Gasteiger partial charge >= 0.3 is 5.97 Å². The standard InChI is InChI=1S/C17H16ClN3O5/c1-25-13-7-3-2-5-11(13)17(24)20-9-15(23)26-10-14(22)21-12-6-4-8-19-16(12)18/h2-8H,9-10H2,1H3,(H,20,24)(H,21,22). The first-order valence-corrected chi connectivity index (χ1v) is 7.86. The van der Waals surface area contributed by atoms with E-state index in [0.29, 0.717) is 11.4 Å². The second-order valence-corrected chi connectivity index (χ2v) is 5.29. The number of carbonyl (C=O) groups excluding carboxylic acids is 3. The number of aromatic nitrogens is 1. The molecule has 2 amide bonds. The average molecular weight is 378 g/mol. The van der Waals surface area contributed by atoms with Crippen molar-refractivity contribution in [2.45, 2.75) is 0 Å². The number of nitrogens with one attached hydrogen (secondary N) is 2. The third-order valence-electron chi connectivity index (χ3n) is 3.14. The number of halogens is 1. The molecule has 0 bridgehead atoms. The van der Waals surface area contributed by atoms with Crippen molar-refractivity contribution in [3.63, 3.8) is 0 Å². The minimum Gasteiger partial charge on any atom is -0.496 e. The van der Waals surface area contributed by atoms with E-state index in [0.717, 1.165) is 0 Å². The number of methoxy groups -OCH3 is 1. The molecule has 0 fully saturated rings. The lowest BCUT2D eigenvalue weighted by Gasteiger charge is -2.09. The minimum absolute atomic E-state index is 0.122. The fourth-order valence-electron chi connectivity index (χ4n) is 1.94. The second kappa shape index (κ2) is 9.38. The Bertz CT molecular complexity index is 812. The van der Waals surface area contributed by atoms with Crippen LogP contribution in [0.25, 0.3) is 0 Å². The number of ether oxygens (including phenoxy) is 2. The summed E-state index contributed by atoms with van der Waals surface area (Å²) in [6.07, 6.45) is 1.47. The van der Waals surface area contributed by atoms with Crippen LogP contribution in [-0.4, -0.2) is 43.0 Å². The lowest BCUT2D eigenvalue weighted by Crippen LogP contribution is -2.32. The number of hydrogen-bond donors (Lipinski definition) is 2. The molecule has 0 saturated carbocycles. The van der Waals surface area contributed by atoms with Gasteiger partial charge in [0, 0.05) is 6.20 Å². The number of anilines is 1. The summed E-state index contributed by atoms with van der Waals surface area (Å²) >= 11 is 5.81. The van der Waals surface area contributed by atoms with Crippen LogP contribution in [0.1, 0.15) is 10.4 Å². The highest BCUT2D eigenvalue weighted by Gasteiger charge is 2.14. The highest BCUT2D eigenvalue weighted by atomic mass is 35.5. The van der Waals surface area contributed by atoms with Crippen LogP contribution in [0.15, 0.2) is 42.6 Å². The van der Waals surface area contributed by atoms with Crippen LogP contribution in [0.3, 0.4) is 0 Å². The third-order valence-corrected chi connectivity index (χ3v) is 3.44. The summed E-state index contributed by atoms with van der Waals surface area (Å²) in [5, 5.41) is 4.98. The van der Waals surface area contributed by atoms with Gasteiger partial charge in [-0.05, 0) is 24.3 Å². The molecule has 0 saturated heterocycles. The Morgan fingerprint density at radius 1 is 1.15 bits per heavy atom. The van der Waals surface area contributed by atoms with Crippen molar-refractivity contribution in [3.8, 4) is 5.75 Å². The zero-order chi connectivity index (χ0) is 18.9. The Kier molecular flexibility index (Phi) is 6.92. The first kappa shape index (κ1) is 19.2. The molecule has 2 aromatic rings. The number of amides is 2. The normalized spacial score (nSPS) is 9.92. The van der Waals surface area contributed by atoms with Gasteiger partial charge in [0.05, 0.1) is 18.4 Å². The van der Waals surface area contributed by atoms with E-state index < -0.39 is 30.9 Å². The number of pyridine rings is 1. The van der Waals surface area contributed by atoms with Gasteiger partial charge in [-0.15, -0.1) is 0 Å². The molecule has 0 spiro atoms. The predicted molar refractivity (Wildman–Crippen MR) is 94.2 cm³/mol. The fraction of sp³-hybridized carbons (Fsp3) is 0.176. The zero-order valence-electron chi connectivity index (χ0n) is 13.8. The number of hydrogen-bond acceptors (Lipinski definition) is 6. The van der Waals surface area contributed by atoms with E-state index in [4.69, 9.17) is 21.1 Å². The number of esters is 1. The van der Waals surface area contributed by atoms with Gasteiger partial charge in [0.1, 0.15) is 12.3 Å². The molecular weight excluding hydrogens is 362 g/mol. The van der Waals surface area contributed by atoms with Crippen molar-refractivity contribution in [1.82, 2.24) is 10.3 Å². The Morgan fingerprint density at radius 2 is 1.92 bits per heavy atom. The Morgan fingerprint density at radius 3 is 2.65 bits per heavy atom. The molecule has 1 heterocycles. The number of carbonyl (C=O) groups is 3. The Balaban J connectivity index is 1.77. The van der Waals surface area contributed by atoms with E-state index >= 15 is 0 Å². The highest BCUT2D eigenvalue weighted by molar-refractivity contribution is 6.32. The molecule has 136 valence electrons. The number of para-hydroxylation sites is 1. The molecule has 1 aromatic heterocycles.